The molecular formula is C20H20N4O3. The van der Waals surface area contributed by atoms with Crippen molar-refractivity contribution in [2.24, 2.45) is 0 Å². The Labute approximate surface area is 156 Å². The normalized spacial score (nSPS) is 10.4. The molecule has 7 heteroatoms. The highest BCUT2D eigenvalue weighted by molar-refractivity contribution is 5.95. The molecule has 1 aromatic heterocycles. The van der Waals surface area contributed by atoms with E-state index in [0.29, 0.717) is 17.8 Å². The van der Waals surface area contributed by atoms with E-state index in [-0.39, 0.29) is 23.9 Å². The van der Waals surface area contributed by atoms with Crippen molar-refractivity contribution in [1.29, 1.82) is 0 Å². The van der Waals surface area contributed by atoms with E-state index in [1.54, 1.807) is 31.2 Å². The third kappa shape index (κ3) is 4.14. The SMILES string of the molecule is CCOC(=O)c1cnn(-c2ccc(C(=O)NCc3ccccc3)cc2)c1N. The van der Waals surface area contributed by atoms with Crippen molar-refractivity contribution in [1.82, 2.24) is 15.1 Å². The standard InChI is InChI=1S/C20H20N4O3/c1-2-27-20(26)17-13-23-24(18(17)21)16-10-8-15(9-11-16)19(25)22-12-14-6-4-3-5-7-14/h3-11,13H,2,12,21H2,1H3,(H,22,25). The van der Waals surface area contributed by atoms with Crippen molar-refractivity contribution < 1.29 is 14.3 Å². The van der Waals surface area contributed by atoms with Crippen LogP contribution in [0.3, 0.4) is 0 Å². The molecule has 0 fully saturated rings. The molecule has 0 unspecified atom stereocenters. The summed E-state index contributed by atoms with van der Waals surface area (Å²) in [6.07, 6.45) is 1.37. The van der Waals surface area contributed by atoms with Gasteiger partial charge < -0.3 is 15.8 Å². The topological polar surface area (TPSA) is 99.2 Å². The van der Waals surface area contributed by atoms with Crippen LogP contribution in [0.15, 0.2) is 60.8 Å². The molecule has 0 bridgehead atoms. The summed E-state index contributed by atoms with van der Waals surface area (Å²) < 4.78 is 6.38. The minimum atomic E-state index is -0.516. The van der Waals surface area contributed by atoms with E-state index >= 15 is 0 Å². The van der Waals surface area contributed by atoms with Gasteiger partial charge in [0.05, 0.1) is 18.5 Å². The molecule has 0 aliphatic carbocycles. The number of hydrogen-bond donors (Lipinski definition) is 2. The second-order valence-electron chi connectivity index (χ2n) is 5.79. The van der Waals surface area contributed by atoms with Gasteiger partial charge in [-0.3, -0.25) is 4.79 Å². The molecule has 0 saturated carbocycles. The van der Waals surface area contributed by atoms with Crippen molar-refractivity contribution >= 4 is 17.7 Å². The van der Waals surface area contributed by atoms with Crippen LogP contribution in [0.1, 0.15) is 33.2 Å². The first kappa shape index (κ1) is 18.2. The van der Waals surface area contributed by atoms with Crippen molar-refractivity contribution in [2.75, 3.05) is 12.3 Å². The molecule has 3 rings (SSSR count). The Balaban J connectivity index is 1.70. The van der Waals surface area contributed by atoms with Crippen LogP contribution < -0.4 is 11.1 Å². The van der Waals surface area contributed by atoms with Gasteiger partial charge >= 0.3 is 5.97 Å². The van der Waals surface area contributed by atoms with E-state index in [0.717, 1.165) is 5.56 Å². The van der Waals surface area contributed by atoms with Gasteiger partial charge in [0.1, 0.15) is 11.4 Å². The van der Waals surface area contributed by atoms with Crippen molar-refractivity contribution in [3.8, 4) is 5.69 Å². The smallest absolute Gasteiger partial charge is 0.343 e. The number of amides is 1. The Morgan fingerprint density at radius 1 is 1.11 bits per heavy atom. The molecule has 0 saturated heterocycles. The van der Waals surface area contributed by atoms with E-state index in [9.17, 15) is 9.59 Å². The summed E-state index contributed by atoms with van der Waals surface area (Å²) in [7, 11) is 0. The number of carbonyl (C=O) groups is 2. The van der Waals surface area contributed by atoms with Gasteiger partial charge in [0, 0.05) is 12.1 Å². The third-order valence-electron chi connectivity index (χ3n) is 3.97. The first-order valence-corrected chi connectivity index (χ1v) is 8.53. The monoisotopic (exact) mass is 364 g/mol. The van der Waals surface area contributed by atoms with Gasteiger partial charge in [0.2, 0.25) is 0 Å². The van der Waals surface area contributed by atoms with E-state index < -0.39 is 5.97 Å². The minimum Gasteiger partial charge on any atom is -0.462 e. The van der Waals surface area contributed by atoms with Crippen molar-refractivity contribution in [3.63, 3.8) is 0 Å². The number of nitrogens with zero attached hydrogens (tertiary/aromatic N) is 2. The van der Waals surface area contributed by atoms with Crippen molar-refractivity contribution in [2.45, 2.75) is 13.5 Å². The van der Waals surface area contributed by atoms with Gasteiger partial charge in [0.25, 0.3) is 5.91 Å². The van der Waals surface area contributed by atoms with E-state index in [2.05, 4.69) is 10.4 Å². The van der Waals surface area contributed by atoms with Crippen LogP contribution >= 0.6 is 0 Å². The highest BCUT2D eigenvalue weighted by Gasteiger charge is 2.17. The molecule has 1 amide bonds. The molecule has 7 nitrogen and oxygen atoms in total. The van der Waals surface area contributed by atoms with E-state index in [1.165, 1.54) is 10.9 Å². The number of nitrogens with one attached hydrogen (secondary N) is 1. The minimum absolute atomic E-state index is 0.175. The number of benzene rings is 2. The van der Waals surface area contributed by atoms with Gasteiger partial charge in [-0.05, 0) is 36.8 Å². The zero-order valence-electron chi connectivity index (χ0n) is 14.9. The molecule has 1 heterocycles. The average Bonchev–Trinajstić information content (AvgIpc) is 3.08. The molecule has 3 N–H and O–H groups in total. The number of nitrogen functional groups attached to an aromatic ring is 1. The fraction of sp³-hybridized carbons (Fsp3) is 0.150. The molecule has 27 heavy (non-hydrogen) atoms. The number of rotatable bonds is 6. The largest absolute Gasteiger partial charge is 0.462 e. The lowest BCUT2D eigenvalue weighted by Crippen LogP contribution is -2.22. The number of nitrogens with two attached hydrogens (primary N) is 1. The zero-order valence-corrected chi connectivity index (χ0v) is 14.9. The Morgan fingerprint density at radius 2 is 1.81 bits per heavy atom. The average molecular weight is 364 g/mol. The predicted molar refractivity (Wildman–Crippen MR) is 102 cm³/mol. The van der Waals surface area contributed by atoms with Gasteiger partial charge in [-0.1, -0.05) is 30.3 Å². The van der Waals surface area contributed by atoms with Crippen LogP contribution in [0, 0.1) is 0 Å². The lowest BCUT2D eigenvalue weighted by molar-refractivity contribution is 0.0527. The lowest BCUT2D eigenvalue weighted by atomic mass is 10.1. The van der Waals surface area contributed by atoms with Crippen LogP contribution in [-0.2, 0) is 11.3 Å². The molecule has 3 aromatic rings. The maximum atomic E-state index is 12.3. The lowest BCUT2D eigenvalue weighted by Gasteiger charge is -2.08. The van der Waals surface area contributed by atoms with E-state index in [4.69, 9.17) is 10.5 Å². The molecule has 0 aliphatic heterocycles. The number of esters is 1. The number of ether oxygens (including phenoxy) is 1. The maximum absolute atomic E-state index is 12.3. The fourth-order valence-electron chi connectivity index (χ4n) is 2.56. The summed E-state index contributed by atoms with van der Waals surface area (Å²) >= 11 is 0. The number of carbonyl (C=O) groups excluding carboxylic acids is 2. The van der Waals surface area contributed by atoms with Gasteiger partial charge in [-0.25, -0.2) is 9.48 Å². The predicted octanol–water partition coefficient (Wildman–Crippen LogP) is 2.56. The summed E-state index contributed by atoms with van der Waals surface area (Å²) in [5, 5.41) is 7.00. The number of anilines is 1. The first-order chi connectivity index (χ1) is 13.1. The highest BCUT2D eigenvalue weighted by Crippen LogP contribution is 2.18. The molecule has 2 aromatic carbocycles. The van der Waals surface area contributed by atoms with Gasteiger partial charge in [0.15, 0.2) is 0 Å². The van der Waals surface area contributed by atoms with E-state index in [1.807, 2.05) is 30.3 Å². The third-order valence-corrected chi connectivity index (χ3v) is 3.97. The summed E-state index contributed by atoms with van der Waals surface area (Å²) in [6.45, 7) is 2.44. The van der Waals surface area contributed by atoms with Crippen LogP contribution in [0.5, 0.6) is 0 Å². The van der Waals surface area contributed by atoms with Crippen LogP contribution in [0.2, 0.25) is 0 Å². The van der Waals surface area contributed by atoms with Gasteiger partial charge in [-0.2, -0.15) is 5.10 Å². The summed E-state index contributed by atoms with van der Waals surface area (Å²) in [4.78, 5) is 24.1. The highest BCUT2D eigenvalue weighted by atomic mass is 16.5. The number of hydrogen-bond acceptors (Lipinski definition) is 5. The Hall–Kier alpha value is -3.61. The second kappa shape index (κ2) is 8.18. The summed E-state index contributed by atoms with van der Waals surface area (Å²) in [5.74, 6) is -0.501. The number of aromatic nitrogens is 2. The first-order valence-electron chi connectivity index (χ1n) is 8.53. The molecule has 0 aliphatic rings. The Bertz CT molecular complexity index is 934. The van der Waals surface area contributed by atoms with Crippen LogP contribution in [0.4, 0.5) is 5.82 Å². The fourth-order valence-corrected chi connectivity index (χ4v) is 2.56. The quantitative estimate of drug-likeness (QED) is 0.655. The summed E-state index contributed by atoms with van der Waals surface area (Å²) in [5.41, 5.74) is 8.39. The van der Waals surface area contributed by atoms with Crippen LogP contribution in [-0.4, -0.2) is 28.3 Å². The summed E-state index contributed by atoms with van der Waals surface area (Å²) in [6, 6.07) is 16.5. The van der Waals surface area contributed by atoms with Gasteiger partial charge in [-0.15, -0.1) is 0 Å². The van der Waals surface area contributed by atoms with Crippen molar-refractivity contribution in [3.05, 3.63) is 77.5 Å². The molecule has 0 radical (unpaired) electrons. The molecule has 138 valence electrons. The Morgan fingerprint density at radius 3 is 2.48 bits per heavy atom. The molecule has 0 atom stereocenters. The molecular weight excluding hydrogens is 344 g/mol. The molecule has 0 spiro atoms. The Kier molecular flexibility index (Phi) is 5.51. The van der Waals surface area contributed by atoms with Crippen LogP contribution in [0.25, 0.3) is 5.69 Å². The second-order valence-corrected chi connectivity index (χ2v) is 5.79. The zero-order chi connectivity index (χ0) is 19.2. The maximum Gasteiger partial charge on any atom is 0.343 e.